The van der Waals surface area contributed by atoms with Crippen molar-refractivity contribution in [3.8, 4) is 0 Å². The fourth-order valence-electron chi connectivity index (χ4n) is 3.88. The monoisotopic (exact) mass is 424 g/mol. The van der Waals surface area contributed by atoms with Crippen LogP contribution >= 0.6 is 11.8 Å². The number of hydrogen-bond acceptors (Lipinski definition) is 5. The number of benzene rings is 2. The van der Waals surface area contributed by atoms with Gasteiger partial charge in [-0.2, -0.15) is 0 Å². The number of thioether (sulfide) groups is 1. The maximum Gasteiger partial charge on any atom is 0.238 e. The van der Waals surface area contributed by atoms with Crippen LogP contribution in [0.5, 0.6) is 0 Å². The first kappa shape index (κ1) is 20.8. The third kappa shape index (κ3) is 5.15. The molecule has 2 heterocycles. The minimum Gasteiger partial charge on any atom is -0.369 e. The van der Waals surface area contributed by atoms with Crippen molar-refractivity contribution < 1.29 is 9.59 Å². The first-order valence-electron chi connectivity index (χ1n) is 10.5. The molecule has 0 saturated carbocycles. The Labute approximate surface area is 182 Å². The fraction of sp³-hybridized carbons (Fsp3) is 0.391. The van der Waals surface area contributed by atoms with Crippen LogP contribution in [0.1, 0.15) is 12.0 Å². The highest BCUT2D eigenvalue weighted by molar-refractivity contribution is 8.01. The van der Waals surface area contributed by atoms with Crippen molar-refractivity contribution in [2.45, 2.75) is 23.5 Å². The van der Waals surface area contributed by atoms with Gasteiger partial charge in [-0.15, -0.1) is 11.8 Å². The summed E-state index contributed by atoms with van der Waals surface area (Å²) in [5.41, 5.74) is 3.40. The third-order valence-corrected chi connectivity index (χ3v) is 6.84. The van der Waals surface area contributed by atoms with Crippen molar-refractivity contribution in [2.24, 2.45) is 0 Å². The van der Waals surface area contributed by atoms with Crippen LogP contribution < -0.4 is 15.5 Å². The largest absolute Gasteiger partial charge is 0.369 e. The van der Waals surface area contributed by atoms with Crippen molar-refractivity contribution in [2.75, 3.05) is 49.5 Å². The van der Waals surface area contributed by atoms with E-state index in [4.69, 9.17) is 0 Å². The summed E-state index contributed by atoms with van der Waals surface area (Å²) >= 11 is 1.47. The number of hydrogen-bond donors (Lipinski definition) is 2. The maximum absolute atomic E-state index is 12.3. The second kappa shape index (κ2) is 9.53. The van der Waals surface area contributed by atoms with Crippen molar-refractivity contribution in [1.82, 2.24) is 10.2 Å². The van der Waals surface area contributed by atoms with E-state index in [1.54, 1.807) is 0 Å². The average Bonchev–Trinajstić information content (AvgIpc) is 2.75. The second-order valence-corrected chi connectivity index (χ2v) is 9.06. The van der Waals surface area contributed by atoms with Crippen LogP contribution in [0.25, 0.3) is 0 Å². The van der Waals surface area contributed by atoms with E-state index in [1.807, 2.05) is 24.3 Å². The number of nitrogens with zero attached hydrogens (tertiary/aromatic N) is 2. The summed E-state index contributed by atoms with van der Waals surface area (Å²) in [4.78, 5) is 30.4. The molecule has 6 nitrogen and oxygen atoms in total. The Morgan fingerprint density at radius 2 is 1.93 bits per heavy atom. The number of carbonyl (C=O) groups excluding carboxylic acids is 2. The maximum atomic E-state index is 12.3. The highest BCUT2D eigenvalue weighted by Crippen LogP contribution is 2.36. The predicted octanol–water partition coefficient (Wildman–Crippen LogP) is 2.74. The topological polar surface area (TPSA) is 64.7 Å². The number of para-hydroxylation sites is 1. The molecule has 0 radical (unpaired) electrons. The first-order chi connectivity index (χ1) is 14.6. The summed E-state index contributed by atoms with van der Waals surface area (Å²) < 4.78 is 0. The quantitative estimate of drug-likeness (QED) is 0.747. The van der Waals surface area contributed by atoms with Crippen molar-refractivity contribution in [1.29, 1.82) is 0 Å². The molecule has 0 spiro atoms. The minimum atomic E-state index is -0.377. The average molecular weight is 425 g/mol. The number of piperazine rings is 1. The lowest BCUT2D eigenvalue weighted by Gasteiger charge is -2.36. The van der Waals surface area contributed by atoms with Crippen molar-refractivity contribution in [3.05, 3.63) is 54.1 Å². The van der Waals surface area contributed by atoms with Crippen LogP contribution in [0, 0.1) is 6.92 Å². The van der Waals surface area contributed by atoms with E-state index in [9.17, 15) is 9.59 Å². The van der Waals surface area contributed by atoms with Gasteiger partial charge in [0.25, 0.3) is 0 Å². The first-order valence-corrected chi connectivity index (χ1v) is 11.3. The molecule has 2 aromatic carbocycles. The molecular weight excluding hydrogens is 396 g/mol. The normalized spacial score (nSPS) is 19.2. The summed E-state index contributed by atoms with van der Waals surface area (Å²) in [5.74, 6) is -0.165. The highest BCUT2D eigenvalue weighted by Gasteiger charge is 2.28. The van der Waals surface area contributed by atoms with Gasteiger partial charge >= 0.3 is 0 Å². The molecule has 1 saturated heterocycles. The van der Waals surface area contributed by atoms with Crippen LogP contribution in [-0.2, 0) is 9.59 Å². The number of nitrogens with one attached hydrogen (secondary N) is 2. The predicted molar refractivity (Wildman–Crippen MR) is 122 cm³/mol. The zero-order valence-electron chi connectivity index (χ0n) is 17.3. The lowest BCUT2D eigenvalue weighted by Crippen LogP contribution is -2.48. The molecule has 2 aromatic rings. The van der Waals surface area contributed by atoms with Crippen molar-refractivity contribution in [3.63, 3.8) is 0 Å². The van der Waals surface area contributed by atoms with Gasteiger partial charge in [-0.25, -0.2) is 0 Å². The molecule has 0 aliphatic carbocycles. The summed E-state index contributed by atoms with van der Waals surface area (Å²) in [6, 6.07) is 16.3. The van der Waals surface area contributed by atoms with Gasteiger partial charge in [-0.05, 0) is 36.8 Å². The van der Waals surface area contributed by atoms with E-state index in [-0.39, 0.29) is 23.5 Å². The minimum absolute atomic E-state index is 0.0690. The fourth-order valence-corrected chi connectivity index (χ4v) is 4.99. The van der Waals surface area contributed by atoms with Gasteiger partial charge in [-0.3, -0.25) is 14.5 Å². The number of aryl methyl sites for hydroxylation is 1. The van der Waals surface area contributed by atoms with E-state index in [1.165, 1.54) is 23.0 Å². The van der Waals surface area contributed by atoms with E-state index < -0.39 is 0 Å². The Morgan fingerprint density at radius 3 is 2.73 bits per heavy atom. The van der Waals surface area contributed by atoms with E-state index in [2.05, 4.69) is 51.6 Å². The van der Waals surface area contributed by atoms with Gasteiger partial charge in [0.2, 0.25) is 11.8 Å². The number of carbonyl (C=O) groups is 2. The standard InChI is InChI=1S/C23H28N4O2S/c1-17-5-4-6-18(15-17)27-13-11-26(12-14-27)10-9-24-22(28)16-21-23(29)25-19-7-2-3-8-20(19)30-21/h2-8,15,21H,9-14,16H2,1H3,(H,24,28)(H,25,29). The molecule has 0 aromatic heterocycles. The van der Waals surface area contributed by atoms with Crippen LogP contribution in [-0.4, -0.2) is 61.2 Å². The molecule has 2 N–H and O–H groups in total. The Hall–Kier alpha value is -2.51. The molecule has 158 valence electrons. The summed E-state index contributed by atoms with van der Waals surface area (Å²) in [5, 5.41) is 5.50. The number of anilines is 2. The Morgan fingerprint density at radius 1 is 1.13 bits per heavy atom. The molecule has 2 amide bonds. The molecule has 1 unspecified atom stereocenters. The van der Waals surface area contributed by atoms with Gasteiger partial charge in [0.05, 0.1) is 10.9 Å². The SMILES string of the molecule is Cc1cccc(N2CCN(CCNC(=O)CC3Sc4ccccc4NC3=O)CC2)c1. The number of rotatable bonds is 6. The zero-order valence-corrected chi connectivity index (χ0v) is 18.1. The smallest absolute Gasteiger partial charge is 0.238 e. The molecule has 2 aliphatic rings. The van der Waals surface area contributed by atoms with Gasteiger partial charge in [-0.1, -0.05) is 24.3 Å². The molecular formula is C23H28N4O2S. The highest BCUT2D eigenvalue weighted by atomic mass is 32.2. The number of fused-ring (bicyclic) bond motifs is 1. The molecule has 2 aliphatic heterocycles. The van der Waals surface area contributed by atoms with Gasteiger partial charge < -0.3 is 15.5 Å². The molecule has 1 atom stereocenters. The van der Waals surface area contributed by atoms with Gasteiger partial charge in [0.1, 0.15) is 0 Å². The Kier molecular flexibility index (Phi) is 6.59. The van der Waals surface area contributed by atoms with E-state index in [0.717, 1.165) is 43.3 Å². The zero-order chi connectivity index (χ0) is 20.9. The molecule has 30 heavy (non-hydrogen) atoms. The molecule has 1 fully saturated rings. The lowest BCUT2D eigenvalue weighted by molar-refractivity contribution is -0.124. The van der Waals surface area contributed by atoms with Crippen LogP contribution in [0.4, 0.5) is 11.4 Å². The molecule has 4 rings (SSSR count). The van der Waals surface area contributed by atoms with E-state index in [0.29, 0.717) is 6.54 Å². The van der Waals surface area contributed by atoms with E-state index >= 15 is 0 Å². The van der Waals surface area contributed by atoms with Crippen LogP contribution in [0.2, 0.25) is 0 Å². The van der Waals surface area contributed by atoms with Gasteiger partial charge in [0, 0.05) is 56.3 Å². The summed E-state index contributed by atoms with van der Waals surface area (Å²) in [6.45, 7) is 7.53. The Bertz CT molecular complexity index is 912. The van der Waals surface area contributed by atoms with Gasteiger partial charge in [0.15, 0.2) is 0 Å². The molecule has 7 heteroatoms. The van der Waals surface area contributed by atoms with Crippen LogP contribution in [0.15, 0.2) is 53.4 Å². The Balaban J connectivity index is 1.17. The summed E-state index contributed by atoms with van der Waals surface area (Å²) in [6.07, 6.45) is 0.200. The lowest BCUT2D eigenvalue weighted by atomic mass is 10.2. The third-order valence-electron chi connectivity index (χ3n) is 5.57. The molecule has 0 bridgehead atoms. The van der Waals surface area contributed by atoms with Crippen molar-refractivity contribution >= 4 is 35.0 Å². The second-order valence-electron chi connectivity index (χ2n) is 7.81. The van der Waals surface area contributed by atoms with Crippen LogP contribution in [0.3, 0.4) is 0 Å². The summed E-state index contributed by atoms with van der Waals surface area (Å²) in [7, 11) is 0. The number of amides is 2.